The van der Waals surface area contributed by atoms with Crippen LogP contribution < -0.4 is 0 Å². The Hall–Kier alpha value is -0.780. The Balaban J connectivity index is 2.53. The van der Waals surface area contributed by atoms with Crippen LogP contribution in [0.4, 0.5) is 0 Å². The van der Waals surface area contributed by atoms with Crippen molar-refractivity contribution in [2.24, 2.45) is 0 Å². The van der Waals surface area contributed by atoms with Gasteiger partial charge in [0.1, 0.15) is 0 Å². The van der Waals surface area contributed by atoms with Crippen LogP contribution in [-0.2, 0) is 0 Å². The Labute approximate surface area is 69.3 Å². The maximum absolute atomic E-state index is 3.73. The molecule has 0 amide bonds. The second kappa shape index (κ2) is 4.17. The fourth-order valence-electron chi connectivity index (χ4n) is 1.37. The van der Waals surface area contributed by atoms with Crippen LogP contribution >= 0.6 is 0 Å². The summed E-state index contributed by atoms with van der Waals surface area (Å²) in [5.74, 6) is 0. The Morgan fingerprint density at radius 1 is 1.36 bits per heavy atom. The summed E-state index contributed by atoms with van der Waals surface area (Å²) < 4.78 is 0. The van der Waals surface area contributed by atoms with Gasteiger partial charge in [-0.2, -0.15) is 0 Å². The summed E-state index contributed by atoms with van der Waals surface area (Å²) in [5, 5.41) is 0. The summed E-state index contributed by atoms with van der Waals surface area (Å²) in [6.45, 7) is 5.95. The first kappa shape index (κ1) is 8.32. The highest BCUT2D eigenvalue weighted by Crippen LogP contribution is 2.22. The third-order valence-corrected chi connectivity index (χ3v) is 2.18. The molecule has 0 heterocycles. The SMILES string of the molecule is C=CCC1=CC=C(CC)CC1. The van der Waals surface area contributed by atoms with E-state index in [0.29, 0.717) is 0 Å². The molecule has 0 aliphatic heterocycles. The van der Waals surface area contributed by atoms with Crippen LogP contribution in [0.25, 0.3) is 0 Å². The highest BCUT2D eigenvalue weighted by atomic mass is 14.1. The minimum Gasteiger partial charge on any atom is -0.103 e. The van der Waals surface area contributed by atoms with E-state index in [1.54, 1.807) is 5.57 Å². The van der Waals surface area contributed by atoms with Gasteiger partial charge in [-0.05, 0) is 25.7 Å². The second-order valence-electron chi connectivity index (χ2n) is 3.00. The van der Waals surface area contributed by atoms with E-state index >= 15 is 0 Å². The van der Waals surface area contributed by atoms with Crippen LogP contribution in [0.1, 0.15) is 32.6 Å². The van der Waals surface area contributed by atoms with Gasteiger partial charge >= 0.3 is 0 Å². The number of hydrogen-bond donors (Lipinski definition) is 0. The summed E-state index contributed by atoms with van der Waals surface area (Å²) in [6, 6.07) is 0. The summed E-state index contributed by atoms with van der Waals surface area (Å²) >= 11 is 0. The van der Waals surface area contributed by atoms with Crippen molar-refractivity contribution in [3.8, 4) is 0 Å². The van der Waals surface area contributed by atoms with E-state index in [0.717, 1.165) is 6.42 Å². The molecule has 60 valence electrons. The van der Waals surface area contributed by atoms with Gasteiger partial charge in [0, 0.05) is 0 Å². The zero-order valence-electron chi connectivity index (χ0n) is 7.27. The molecule has 1 aliphatic rings. The molecule has 0 atom stereocenters. The zero-order valence-corrected chi connectivity index (χ0v) is 7.27. The highest BCUT2D eigenvalue weighted by Gasteiger charge is 2.02. The summed E-state index contributed by atoms with van der Waals surface area (Å²) in [5.41, 5.74) is 3.11. The molecule has 0 aromatic heterocycles. The van der Waals surface area contributed by atoms with Crippen molar-refractivity contribution in [1.82, 2.24) is 0 Å². The fraction of sp³-hybridized carbons (Fsp3) is 0.455. The maximum Gasteiger partial charge on any atom is -0.0138 e. The van der Waals surface area contributed by atoms with E-state index in [1.807, 2.05) is 6.08 Å². The molecule has 0 aromatic carbocycles. The van der Waals surface area contributed by atoms with Crippen LogP contribution in [0.3, 0.4) is 0 Å². The average molecular weight is 148 g/mol. The molecule has 0 aromatic rings. The first-order valence-electron chi connectivity index (χ1n) is 4.35. The molecule has 0 saturated heterocycles. The van der Waals surface area contributed by atoms with E-state index in [4.69, 9.17) is 0 Å². The molecule has 1 rings (SSSR count). The molecule has 11 heavy (non-hydrogen) atoms. The van der Waals surface area contributed by atoms with Gasteiger partial charge < -0.3 is 0 Å². The van der Waals surface area contributed by atoms with E-state index in [-0.39, 0.29) is 0 Å². The number of allylic oxidation sites excluding steroid dienone is 5. The highest BCUT2D eigenvalue weighted by molar-refractivity contribution is 5.24. The minimum atomic E-state index is 1.06. The zero-order chi connectivity index (χ0) is 8.10. The third-order valence-electron chi connectivity index (χ3n) is 2.18. The normalized spacial score (nSPS) is 17.2. The average Bonchev–Trinajstić information content (AvgIpc) is 2.07. The van der Waals surface area contributed by atoms with Gasteiger partial charge in [0.2, 0.25) is 0 Å². The van der Waals surface area contributed by atoms with E-state index < -0.39 is 0 Å². The van der Waals surface area contributed by atoms with Gasteiger partial charge in [0.05, 0.1) is 0 Å². The summed E-state index contributed by atoms with van der Waals surface area (Å²) in [7, 11) is 0. The van der Waals surface area contributed by atoms with Gasteiger partial charge in [0.15, 0.2) is 0 Å². The molecular weight excluding hydrogens is 132 g/mol. The van der Waals surface area contributed by atoms with Gasteiger partial charge in [0.25, 0.3) is 0 Å². The van der Waals surface area contributed by atoms with Crippen LogP contribution in [0.5, 0.6) is 0 Å². The van der Waals surface area contributed by atoms with Crippen molar-refractivity contribution in [2.75, 3.05) is 0 Å². The predicted octanol–water partition coefficient (Wildman–Crippen LogP) is 3.62. The smallest absolute Gasteiger partial charge is 0.0138 e. The molecule has 0 nitrogen and oxygen atoms in total. The quantitative estimate of drug-likeness (QED) is 0.536. The van der Waals surface area contributed by atoms with Gasteiger partial charge in [-0.15, -0.1) is 6.58 Å². The molecule has 0 radical (unpaired) electrons. The van der Waals surface area contributed by atoms with Crippen molar-refractivity contribution < 1.29 is 0 Å². The molecule has 0 saturated carbocycles. The van der Waals surface area contributed by atoms with Crippen molar-refractivity contribution in [1.29, 1.82) is 0 Å². The summed E-state index contributed by atoms with van der Waals surface area (Å²) in [4.78, 5) is 0. The number of rotatable bonds is 3. The molecule has 0 heteroatoms. The first-order valence-corrected chi connectivity index (χ1v) is 4.35. The molecule has 0 spiro atoms. The largest absolute Gasteiger partial charge is 0.103 e. The lowest BCUT2D eigenvalue weighted by atomic mass is 9.95. The fourth-order valence-corrected chi connectivity index (χ4v) is 1.37. The van der Waals surface area contributed by atoms with Gasteiger partial charge in [-0.1, -0.05) is 36.3 Å². The van der Waals surface area contributed by atoms with Gasteiger partial charge in [-0.3, -0.25) is 0 Å². The van der Waals surface area contributed by atoms with Crippen molar-refractivity contribution in [3.63, 3.8) is 0 Å². The second-order valence-corrected chi connectivity index (χ2v) is 3.00. The molecule has 0 bridgehead atoms. The Bertz CT molecular complexity index is 194. The molecule has 0 N–H and O–H groups in total. The lowest BCUT2D eigenvalue weighted by molar-refractivity contribution is 0.840. The van der Waals surface area contributed by atoms with E-state index in [9.17, 15) is 0 Å². The van der Waals surface area contributed by atoms with Crippen molar-refractivity contribution in [2.45, 2.75) is 32.6 Å². The Kier molecular flexibility index (Phi) is 3.15. The number of hydrogen-bond acceptors (Lipinski definition) is 0. The lowest BCUT2D eigenvalue weighted by Crippen LogP contribution is -1.91. The lowest BCUT2D eigenvalue weighted by Gasteiger charge is -2.11. The van der Waals surface area contributed by atoms with Crippen molar-refractivity contribution in [3.05, 3.63) is 36.0 Å². The van der Waals surface area contributed by atoms with Gasteiger partial charge in [-0.25, -0.2) is 0 Å². The van der Waals surface area contributed by atoms with Crippen LogP contribution in [0.2, 0.25) is 0 Å². The van der Waals surface area contributed by atoms with Crippen LogP contribution in [0.15, 0.2) is 36.0 Å². The first-order chi connectivity index (χ1) is 5.36. The Morgan fingerprint density at radius 3 is 2.45 bits per heavy atom. The third kappa shape index (κ3) is 2.38. The van der Waals surface area contributed by atoms with Crippen molar-refractivity contribution >= 4 is 0 Å². The predicted molar refractivity (Wildman–Crippen MR) is 50.5 cm³/mol. The molecule has 1 aliphatic carbocycles. The van der Waals surface area contributed by atoms with Crippen LogP contribution in [-0.4, -0.2) is 0 Å². The Morgan fingerprint density at radius 2 is 2.00 bits per heavy atom. The standard InChI is InChI=1S/C11H16/c1-3-5-11-8-6-10(4-2)7-9-11/h3,6,8H,1,4-5,7,9H2,2H3. The van der Waals surface area contributed by atoms with E-state index in [1.165, 1.54) is 24.8 Å². The summed E-state index contributed by atoms with van der Waals surface area (Å²) in [6.07, 6.45) is 11.3. The monoisotopic (exact) mass is 148 g/mol. The van der Waals surface area contributed by atoms with Crippen LogP contribution in [0, 0.1) is 0 Å². The maximum atomic E-state index is 3.73. The molecule has 0 unspecified atom stereocenters. The minimum absolute atomic E-state index is 1.06. The van der Waals surface area contributed by atoms with E-state index in [2.05, 4.69) is 25.7 Å². The topological polar surface area (TPSA) is 0 Å². The molecular formula is C11H16. The molecule has 0 fully saturated rings.